The Balaban J connectivity index is 0.00000225. The topological polar surface area (TPSA) is 33.2 Å². The standard InChI is InChI=1S/C18H29ClN4O.Mn/c1-20-6-7-21-8-9-22(14-16-4-2-3-5-17(16)24)11-13-23(12-10-21)18(19)15-20;/h2-5,18,24H,6-15H2,1H3;/q;+2. The number of hydrogen-bond donors (Lipinski definition) is 1. The maximum atomic E-state index is 10.1. The van der Waals surface area contributed by atoms with Crippen molar-refractivity contribution in [2.45, 2.75) is 12.0 Å². The van der Waals surface area contributed by atoms with Gasteiger partial charge in [-0.2, -0.15) is 0 Å². The van der Waals surface area contributed by atoms with Gasteiger partial charge in [0, 0.05) is 71.0 Å². The summed E-state index contributed by atoms with van der Waals surface area (Å²) in [4.78, 5) is 9.72. The molecule has 1 N–H and O–H groups in total. The molecule has 3 rings (SSSR count). The van der Waals surface area contributed by atoms with Crippen molar-refractivity contribution < 1.29 is 22.2 Å². The molecule has 7 heteroatoms. The fourth-order valence-corrected chi connectivity index (χ4v) is 3.91. The van der Waals surface area contributed by atoms with Crippen molar-refractivity contribution in [2.24, 2.45) is 0 Å². The van der Waals surface area contributed by atoms with Crippen molar-refractivity contribution in [2.75, 3.05) is 66.0 Å². The van der Waals surface area contributed by atoms with Gasteiger partial charge in [-0.05, 0) is 13.1 Å². The van der Waals surface area contributed by atoms with E-state index in [9.17, 15) is 5.11 Å². The summed E-state index contributed by atoms with van der Waals surface area (Å²) in [6, 6.07) is 7.65. The van der Waals surface area contributed by atoms with Crippen LogP contribution in [0.25, 0.3) is 0 Å². The van der Waals surface area contributed by atoms with E-state index in [2.05, 4.69) is 26.6 Å². The zero-order valence-electron chi connectivity index (χ0n) is 14.9. The van der Waals surface area contributed by atoms with Gasteiger partial charge >= 0.3 is 17.1 Å². The molecule has 2 bridgehead atoms. The Labute approximate surface area is 167 Å². The van der Waals surface area contributed by atoms with Crippen molar-refractivity contribution >= 4 is 11.6 Å². The van der Waals surface area contributed by atoms with E-state index in [-0.39, 0.29) is 22.6 Å². The van der Waals surface area contributed by atoms with E-state index in [1.807, 2.05) is 18.2 Å². The van der Waals surface area contributed by atoms with Crippen molar-refractivity contribution in [1.29, 1.82) is 0 Å². The number of benzene rings is 1. The smallest absolute Gasteiger partial charge is 0.508 e. The first-order valence-corrected chi connectivity index (χ1v) is 9.34. The Morgan fingerprint density at radius 3 is 2.44 bits per heavy atom. The van der Waals surface area contributed by atoms with Crippen LogP contribution in [0, 0.1) is 0 Å². The Morgan fingerprint density at radius 1 is 1.00 bits per heavy atom. The average Bonchev–Trinajstić information content (AvgIpc) is 2.69. The van der Waals surface area contributed by atoms with Crippen LogP contribution in [0.15, 0.2) is 24.3 Å². The second kappa shape index (κ2) is 10.1. The predicted octanol–water partition coefficient (Wildman–Crippen LogP) is 1.32. The Hall–Kier alpha value is -0.331. The van der Waals surface area contributed by atoms with E-state index in [4.69, 9.17) is 11.6 Å². The molecule has 2 aliphatic rings. The van der Waals surface area contributed by atoms with E-state index in [1.54, 1.807) is 6.07 Å². The number of halogens is 1. The number of likely N-dealkylation sites (N-methyl/N-ethyl adjacent to an activating group) is 1. The minimum atomic E-state index is 0. The van der Waals surface area contributed by atoms with Crippen LogP contribution in [0.1, 0.15) is 5.56 Å². The monoisotopic (exact) mass is 407 g/mol. The third-order valence-corrected chi connectivity index (χ3v) is 5.60. The summed E-state index contributed by atoms with van der Waals surface area (Å²) in [6.07, 6.45) is 0. The Kier molecular flexibility index (Phi) is 8.49. The number of phenolic OH excluding ortho intramolecular Hbond substituents is 1. The Morgan fingerprint density at radius 2 is 1.64 bits per heavy atom. The minimum absolute atomic E-state index is 0. The maximum Gasteiger partial charge on any atom is 2.00 e. The second-order valence-corrected chi connectivity index (χ2v) is 7.48. The van der Waals surface area contributed by atoms with Gasteiger partial charge in [-0.25, -0.2) is 0 Å². The largest absolute Gasteiger partial charge is 2.00 e. The summed E-state index contributed by atoms with van der Waals surface area (Å²) < 4.78 is 0. The summed E-state index contributed by atoms with van der Waals surface area (Å²) in [6.45, 7) is 10.0. The van der Waals surface area contributed by atoms with E-state index < -0.39 is 0 Å². The van der Waals surface area contributed by atoms with Gasteiger partial charge in [0.05, 0.1) is 5.50 Å². The first-order valence-electron chi connectivity index (χ1n) is 8.90. The van der Waals surface area contributed by atoms with Crippen LogP contribution in [0.3, 0.4) is 0 Å². The molecule has 0 amide bonds. The van der Waals surface area contributed by atoms with E-state index in [0.717, 1.165) is 71.0 Å². The summed E-state index contributed by atoms with van der Waals surface area (Å²) in [5.41, 5.74) is 1.07. The van der Waals surface area contributed by atoms with Crippen molar-refractivity contribution in [1.82, 2.24) is 19.6 Å². The van der Waals surface area contributed by atoms with Crippen LogP contribution < -0.4 is 0 Å². The zero-order chi connectivity index (χ0) is 16.9. The number of rotatable bonds is 2. The van der Waals surface area contributed by atoms with Gasteiger partial charge in [-0.15, -0.1) is 11.6 Å². The van der Waals surface area contributed by atoms with Crippen LogP contribution >= 0.6 is 11.6 Å². The third-order valence-electron chi connectivity index (χ3n) is 5.18. The minimum Gasteiger partial charge on any atom is -0.508 e. The molecular formula is C18H29ClMnN4O+2. The second-order valence-electron chi connectivity index (χ2n) is 6.98. The SMILES string of the molecule is CN1CCN2CCN(Cc3ccccc3O)CCN(CC2)C(Cl)C1.[Mn+2]. The van der Waals surface area contributed by atoms with E-state index >= 15 is 0 Å². The average molecular weight is 408 g/mol. The molecule has 5 nitrogen and oxygen atoms in total. The first kappa shape index (κ1) is 21.0. The van der Waals surface area contributed by atoms with Crippen LogP contribution in [0.4, 0.5) is 0 Å². The van der Waals surface area contributed by atoms with Gasteiger partial charge in [-0.3, -0.25) is 14.7 Å². The van der Waals surface area contributed by atoms with Gasteiger partial charge in [0.25, 0.3) is 0 Å². The zero-order valence-corrected chi connectivity index (χ0v) is 16.9. The van der Waals surface area contributed by atoms with Gasteiger partial charge in [-0.1, -0.05) is 18.2 Å². The molecule has 0 saturated carbocycles. The van der Waals surface area contributed by atoms with Crippen LogP contribution in [-0.2, 0) is 23.6 Å². The predicted molar refractivity (Wildman–Crippen MR) is 98.5 cm³/mol. The summed E-state index contributed by atoms with van der Waals surface area (Å²) in [5, 5.41) is 10.1. The molecule has 0 aromatic heterocycles. The van der Waals surface area contributed by atoms with E-state index in [0.29, 0.717) is 5.75 Å². The Bertz CT molecular complexity index is 536. The number of phenols is 1. The summed E-state index contributed by atoms with van der Waals surface area (Å²) in [7, 11) is 2.16. The molecule has 2 aliphatic heterocycles. The molecule has 1 radical (unpaired) electrons. The van der Waals surface area contributed by atoms with Crippen molar-refractivity contribution in [3.8, 4) is 5.75 Å². The molecule has 1 aromatic rings. The summed E-state index contributed by atoms with van der Waals surface area (Å²) in [5.74, 6) is 0.393. The number of nitrogens with zero attached hydrogens (tertiary/aromatic N) is 4. The van der Waals surface area contributed by atoms with Gasteiger partial charge < -0.3 is 10.0 Å². The quantitative estimate of drug-likeness (QED) is 0.454. The number of para-hydroxylation sites is 1. The van der Waals surface area contributed by atoms with Gasteiger partial charge in [0.15, 0.2) is 0 Å². The molecule has 1 aromatic carbocycles. The molecule has 3 unspecified atom stereocenters. The van der Waals surface area contributed by atoms with Crippen LogP contribution in [0.5, 0.6) is 5.75 Å². The molecule has 2 saturated heterocycles. The van der Waals surface area contributed by atoms with Crippen molar-refractivity contribution in [3.63, 3.8) is 0 Å². The molecule has 2 fully saturated rings. The van der Waals surface area contributed by atoms with Crippen LogP contribution in [-0.4, -0.2) is 96.2 Å². The van der Waals surface area contributed by atoms with E-state index in [1.165, 1.54) is 0 Å². The number of hydrogen-bond acceptors (Lipinski definition) is 5. The maximum absolute atomic E-state index is 10.1. The third kappa shape index (κ3) is 6.10. The van der Waals surface area contributed by atoms with Gasteiger partial charge in [0.1, 0.15) is 5.75 Å². The molecule has 3 atom stereocenters. The fraction of sp³-hybridized carbons (Fsp3) is 0.667. The normalized spacial score (nSPS) is 29.4. The molecule has 2 heterocycles. The first-order chi connectivity index (χ1) is 11.6. The molecule has 25 heavy (non-hydrogen) atoms. The molecular weight excluding hydrogens is 379 g/mol. The fourth-order valence-electron chi connectivity index (χ4n) is 3.48. The number of aromatic hydroxyl groups is 1. The molecule has 139 valence electrons. The molecule has 0 aliphatic carbocycles. The van der Waals surface area contributed by atoms with Gasteiger partial charge in [0.2, 0.25) is 0 Å². The molecule has 0 spiro atoms. The summed E-state index contributed by atoms with van der Waals surface area (Å²) >= 11 is 6.67. The van der Waals surface area contributed by atoms with Crippen LogP contribution in [0.2, 0.25) is 0 Å². The number of alkyl halides is 1. The van der Waals surface area contributed by atoms with Crippen molar-refractivity contribution in [3.05, 3.63) is 29.8 Å². The number of fused-ring (bicyclic) bond motifs is 3.